The molecule has 0 saturated heterocycles. The topological polar surface area (TPSA) is 52.9 Å². The normalized spacial score (nSPS) is 14.4. The van der Waals surface area contributed by atoms with Crippen molar-refractivity contribution in [3.63, 3.8) is 0 Å². The molecule has 25 heavy (non-hydrogen) atoms. The van der Waals surface area contributed by atoms with Gasteiger partial charge in [-0.05, 0) is 55.0 Å². The van der Waals surface area contributed by atoms with Crippen LogP contribution in [0.15, 0.2) is 30.3 Å². The Hall–Kier alpha value is -2.09. The van der Waals surface area contributed by atoms with Gasteiger partial charge in [-0.3, -0.25) is 4.79 Å². The monoisotopic (exact) mass is 370 g/mol. The molecule has 0 radical (unpaired) electrons. The molecule has 1 aromatic heterocycles. The SMILES string of the molecule is N#Cc1c(NC(=O)C=Cc2cccc(Cl)c2)sc2c1CCCCCC2. The summed E-state index contributed by atoms with van der Waals surface area (Å²) in [5.74, 6) is -0.231. The summed E-state index contributed by atoms with van der Waals surface area (Å²) in [6, 6.07) is 9.60. The van der Waals surface area contributed by atoms with Crippen LogP contribution < -0.4 is 5.32 Å². The molecule has 1 aliphatic carbocycles. The zero-order valence-electron chi connectivity index (χ0n) is 13.8. The van der Waals surface area contributed by atoms with Crippen molar-refractivity contribution < 1.29 is 4.79 Å². The van der Waals surface area contributed by atoms with Crippen LogP contribution in [-0.2, 0) is 17.6 Å². The Morgan fingerprint density at radius 1 is 1.24 bits per heavy atom. The van der Waals surface area contributed by atoms with Crippen molar-refractivity contribution in [1.29, 1.82) is 5.26 Å². The standard InChI is InChI=1S/C20H19ClN2OS/c21-15-7-5-6-14(12-15)10-11-19(24)23-20-17(13-22)16-8-3-1-2-4-9-18(16)25-20/h5-7,10-12H,1-4,8-9H2,(H,23,24). The minimum absolute atomic E-state index is 0.231. The number of anilines is 1. The van der Waals surface area contributed by atoms with Gasteiger partial charge in [-0.25, -0.2) is 0 Å². The molecule has 0 fully saturated rings. The number of carbonyl (C=O) groups excluding carboxylic acids is 1. The zero-order chi connectivity index (χ0) is 17.6. The van der Waals surface area contributed by atoms with Gasteiger partial charge in [-0.15, -0.1) is 11.3 Å². The van der Waals surface area contributed by atoms with Gasteiger partial charge in [-0.2, -0.15) is 5.26 Å². The first-order valence-corrected chi connectivity index (χ1v) is 9.66. The van der Waals surface area contributed by atoms with Gasteiger partial charge in [0.25, 0.3) is 0 Å². The molecule has 0 spiro atoms. The van der Waals surface area contributed by atoms with Crippen molar-refractivity contribution in [2.24, 2.45) is 0 Å². The molecule has 2 aromatic rings. The highest BCUT2D eigenvalue weighted by Crippen LogP contribution is 2.36. The van der Waals surface area contributed by atoms with Gasteiger partial charge in [0, 0.05) is 16.0 Å². The van der Waals surface area contributed by atoms with E-state index < -0.39 is 0 Å². The van der Waals surface area contributed by atoms with Crippen LogP contribution in [0, 0.1) is 11.3 Å². The Balaban J connectivity index is 1.77. The summed E-state index contributed by atoms with van der Waals surface area (Å²) in [4.78, 5) is 13.5. The summed E-state index contributed by atoms with van der Waals surface area (Å²) in [5, 5.41) is 13.7. The Morgan fingerprint density at radius 2 is 2.04 bits per heavy atom. The average Bonchev–Trinajstić information content (AvgIpc) is 2.88. The van der Waals surface area contributed by atoms with E-state index in [-0.39, 0.29) is 5.91 Å². The molecular weight excluding hydrogens is 352 g/mol. The fourth-order valence-corrected chi connectivity index (χ4v) is 4.50. The summed E-state index contributed by atoms with van der Waals surface area (Å²) >= 11 is 7.50. The van der Waals surface area contributed by atoms with E-state index in [4.69, 9.17) is 11.6 Å². The molecule has 1 amide bonds. The van der Waals surface area contributed by atoms with Crippen LogP contribution in [0.25, 0.3) is 6.08 Å². The maximum atomic E-state index is 12.3. The number of nitrogens with one attached hydrogen (secondary N) is 1. The quantitative estimate of drug-likeness (QED) is 0.716. The van der Waals surface area contributed by atoms with E-state index >= 15 is 0 Å². The maximum absolute atomic E-state index is 12.3. The van der Waals surface area contributed by atoms with Crippen molar-refractivity contribution >= 4 is 39.9 Å². The molecule has 3 rings (SSSR count). The van der Waals surface area contributed by atoms with Crippen LogP contribution in [0.4, 0.5) is 5.00 Å². The Bertz CT molecular complexity index is 848. The molecule has 0 unspecified atom stereocenters. The van der Waals surface area contributed by atoms with Gasteiger partial charge in [0.1, 0.15) is 11.1 Å². The third-order valence-corrected chi connectivity index (χ3v) is 5.74. The van der Waals surface area contributed by atoms with Crippen molar-refractivity contribution in [2.45, 2.75) is 38.5 Å². The summed E-state index contributed by atoms with van der Waals surface area (Å²) < 4.78 is 0. The van der Waals surface area contributed by atoms with E-state index in [2.05, 4.69) is 11.4 Å². The molecule has 0 aliphatic heterocycles. The number of hydrogen-bond acceptors (Lipinski definition) is 3. The number of halogens is 1. The van der Waals surface area contributed by atoms with Crippen molar-refractivity contribution in [3.05, 3.63) is 56.9 Å². The second-order valence-electron chi connectivity index (χ2n) is 6.11. The number of fused-ring (bicyclic) bond motifs is 1. The van der Waals surface area contributed by atoms with Crippen LogP contribution in [-0.4, -0.2) is 5.91 Å². The van der Waals surface area contributed by atoms with Gasteiger partial charge in [0.2, 0.25) is 5.91 Å². The number of nitrogens with zero attached hydrogens (tertiary/aromatic N) is 1. The second kappa shape index (κ2) is 8.33. The lowest BCUT2D eigenvalue weighted by Gasteiger charge is -2.08. The number of rotatable bonds is 3. The van der Waals surface area contributed by atoms with Crippen LogP contribution in [0.3, 0.4) is 0 Å². The summed E-state index contributed by atoms with van der Waals surface area (Å²) in [5.41, 5.74) is 2.65. The Morgan fingerprint density at radius 3 is 2.80 bits per heavy atom. The van der Waals surface area contributed by atoms with Gasteiger partial charge >= 0.3 is 0 Å². The molecule has 1 aromatic carbocycles. The molecule has 128 valence electrons. The fraction of sp³-hybridized carbons (Fsp3) is 0.300. The minimum atomic E-state index is -0.231. The molecule has 0 bridgehead atoms. The first-order valence-electron chi connectivity index (χ1n) is 8.46. The highest BCUT2D eigenvalue weighted by Gasteiger charge is 2.19. The maximum Gasteiger partial charge on any atom is 0.249 e. The number of benzene rings is 1. The number of nitriles is 1. The lowest BCUT2D eigenvalue weighted by atomic mass is 9.97. The molecule has 3 nitrogen and oxygen atoms in total. The number of aryl methyl sites for hydroxylation is 1. The number of amides is 1. The molecule has 1 heterocycles. The third-order valence-electron chi connectivity index (χ3n) is 4.30. The van der Waals surface area contributed by atoms with Crippen molar-refractivity contribution in [3.8, 4) is 6.07 Å². The number of thiophene rings is 1. The van der Waals surface area contributed by atoms with E-state index in [1.54, 1.807) is 29.5 Å². The first kappa shape index (κ1) is 17.7. The van der Waals surface area contributed by atoms with Crippen LogP contribution in [0.2, 0.25) is 5.02 Å². The van der Waals surface area contributed by atoms with Crippen LogP contribution >= 0.6 is 22.9 Å². The van der Waals surface area contributed by atoms with Gasteiger partial charge in [0.15, 0.2) is 0 Å². The van der Waals surface area contributed by atoms with E-state index in [0.717, 1.165) is 36.8 Å². The smallest absolute Gasteiger partial charge is 0.249 e. The fourth-order valence-electron chi connectivity index (χ4n) is 3.06. The molecule has 5 heteroatoms. The predicted octanol–water partition coefficient (Wildman–Crippen LogP) is 5.58. The summed E-state index contributed by atoms with van der Waals surface area (Å²) in [6.07, 6.45) is 9.85. The largest absolute Gasteiger partial charge is 0.313 e. The highest BCUT2D eigenvalue weighted by molar-refractivity contribution is 7.16. The predicted molar refractivity (Wildman–Crippen MR) is 104 cm³/mol. The minimum Gasteiger partial charge on any atom is -0.313 e. The molecular formula is C20H19ClN2OS. The van der Waals surface area contributed by atoms with Gasteiger partial charge in [-0.1, -0.05) is 36.6 Å². The van der Waals surface area contributed by atoms with Crippen LogP contribution in [0.5, 0.6) is 0 Å². The Kier molecular flexibility index (Phi) is 5.91. The molecule has 0 saturated carbocycles. The lowest BCUT2D eigenvalue weighted by Crippen LogP contribution is -2.07. The third kappa shape index (κ3) is 4.50. The van der Waals surface area contributed by atoms with E-state index in [1.807, 2.05) is 12.1 Å². The number of carbonyl (C=O) groups is 1. The van der Waals surface area contributed by atoms with Crippen molar-refractivity contribution in [1.82, 2.24) is 0 Å². The zero-order valence-corrected chi connectivity index (χ0v) is 15.4. The van der Waals surface area contributed by atoms with E-state index in [1.165, 1.54) is 23.8 Å². The molecule has 1 aliphatic rings. The van der Waals surface area contributed by atoms with E-state index in [9.17, 15) is 10.1 Å². The van der Waals surface area contributed by atoms with Crippen LogP contribution in [0.1, 0.15) is 47.3 Å². The van der Waals surface area contributed by atoms with E-state index in [0.29, 0.717) is 15.6 Å². The Labute approximate surface area is 156 Å². The average molecular weight is 371 g/mol. The molecule has 1 N–H and O–H groups in total. The van der Waals surface area contributed by atoms with Gasteiger partial charge in [0.05, 0.1) is 5.56 Å². The summed E-state index contributed by atoms with van der Waals surface area (Å²) in [6.45, 7) is 0. The lowest BCUT2D eigenvalue weighted by molar-refractivity contribution is -0.111. The first-order chi connectivity index (χ1) is 12.2. The summed E-state index contributed by atoms with van der Waals surface area (Å²) in [7, 11) is 0. The second-order valence-corrected chi connectivity index (χ2v) is 7.65. The number of hydrogen-bond donors (Lipinski definition) is 1. The molecule has 0 atom stereocenters. The van der Waals surface area contributed by atoms with Gasteiger partial charge < -0.3 is 5.32 Å². The van der Waals surface area contributed by atoms with Crippen molar-refractivity contribution in [2.75, 3.05) is 5.32 Å². The highest BCUT2D eigenvalue weighted by atomic mass is 35.5.